The molecule has 0 aliphatic carbocycles. The standard InChI is InChI=1S/C73H132O6/c1-4-7-10-13-16-19-22-25-28-30-32-34-35-36-37-39-40-42-45-48-51-54-57-60-63-66-72(75)78-69-70(68-77-71(74)65-62-59-56-53-50-47-44-27-24-21-18-15-12-9-6-3)79-73(76)67-64-61-58-55-52-49-46-43-41-38-33-31-29-26-23-20-17-14-11-8-5-2/h9,12,18,21,27,31,33,44,50,53,70H,4-8,10-11,13-17,19-20,22-26,28-30,32,34-43,45-49,51-52,54-69H2,1-3H3/b12-9-,21-18-,33-31-,44-27-,53-50-. The zero-order valence-electron chi connectivity index (χ0n) is 52.9. The van der Waals surface area contributed by atoms with Crippen LogP contribution in [0.3, 0.4) is 0 Å². The molecular weight excluding hydrogens is 973 g/mol. The van der Waals surface area contributed by atoms with Crippen molar-refractivity contribution in [2.75, 3.05) is 13.2 Å². The number of carbonyl (C=O) groups is 3. The molecule has 1 atom stereocenters. The van der Waals surface area contributed by atoms with E-state index in [1.165, 1.54) is 244 Å². The Kier molecular flexibility index (Phi) is 65.1. The first-order valence-electron chi connectivity index (χ1n) is 34.8. The molecule has 1 unspecified atom stereocenters. The smallest absolute Gasteiger partial charge is 0.306 e. The highest BCUT2D eigenvalue weighted by Crippen LogP contribution is 2.18. The lowest BCUT2D eigenvalue weighted by Crippen LogP contribution is -2.30. The fourth-order valence-corrected chi connectivity index (χ4v) is 10.3. The lowest BCUT2D eigenvalue weighted by molar-refractivity contribution is -0.167. The molecule has 0 rings (SSSR count). The number of carbonyl (C=O) groups excluding carboxylic acids is 3. The zero-order valence-corrected chi connectivity index (χ0v) is 52.9. The molecule has 0 aliphatic heterocycles. The summed E-state index contributed by atoms with van der Waals surface area (Å²) in [6.45, 7) is 6.55. The number of ether oxygens (including phenoxy) is 3. The molecular formula is C73H132O6. The molecule has 0 spiro atoms. The lowest BCUT2D eigenvalue weighted by Gasteiger charge is -2.18. The van der Waals surface area contributed by atoms with Crippen LogP contribution in [0.1, 0.15) is 367 Å². The van der Waals surface area contributed by atoms with Gasteiger partial charge in [0.25, 0.3) is 0 Å². The third-order valence-electron chi connectivity index (χ3n) is 15.5. The van der Waals surface area contributed by atoms with Crippen molar-refractivity contribution in [3.63, 3.8) is 0 Å². The van der Waals surface area contributed by atoms with E-state index in [0.29, 0.717) is 19.3 Å². The summed E-state index contributed by atoms with van der Waals surface area (Å²) in [6.07, 6.45) is 86.8. The van der Waals surface area contributed by atoms with Crippen LogP contribution in [0.2, 0.25) is 0 Å². The largest absolute Gasteiger partial charge is 0.462 e. The van der Waals surface area contributed by atoms with Crippen molar-refractivity contribution < 1.29 is 28.6 Å². The first-order chi connectivity index (χ1) is 39.0. The van der Waals surface area contributed by atoms with E-state index >= 15 is 0 Å². The van der Waals surface area contributed by atoms with Crippen LogP contribution < -0.4 is 0 Å². The Morgan fingerprint density at radius 3 is 0.810 bits per heavy atom. The summed E-state index contributed by atoms with van der Waals surface area (Å²) in [6, 6.07) is 0. The van der Waals surface area contributed by atoms with Crippen molar-refractivity contribution in [2.45, 2.75) is 374 Å². The Labute approximate surface area is 491 Å². The molecule has 0 aromatic carbocycles. The highest BCUT2D eigenvalue weighted by atomic mass is 16.6. The molecule has 0 N–H and O–H groups in total. The molecule has 6 heteroatoms. The Bertz CT molecular complexity index is 1410. The fraction of sp³-hybridized carbons (Fsp3) is 0.822. The van der Waals surface area contributed by atoms with Gasteiger partial charge in [-0.15, -0.1) is 0 Å². The average molecular weight is 1110 g/mol. The summed E-state index contributed by atoms with van der Waals surface area (Å²) in [4.78, 5) is 38.4. The molecule has 0 radical (unpaired) electrons. The Morgan fingerprint density at radius 1 is 0.266 bits per heavy atom. The third kappa shape index (κ3) is 65.8. The fourth-order valence-electron chi connectivity index (χ4n) is 10.3. The van der Waals surface area contributed by atoms with E-state index in [9.17, 15) is 14.4 Å². The second-order valence-corrected chi connectivity index (χ2v) is 23.4. The molecule has 0 aromatic heterocycles. The van der Waals surface area contributed by atoms with Gasteiger partial charge >= 0.3 is 17.9 Å². The van der Waals surface area contributed by atoms with Gasteiger partial charge in [0.15, 0.2) is 6.10 Å². The number of hydrogen-bond donors (Lipinski definition) is 0. The van der Waals surface area contributed by atoms with Gasteiger partial charge in [0.05, 0.1) is 0 Å². The number of hydrogen-bond acceptors (Lipinski definition) is 6. The minimum absolute atomic E-state index is 0.0846. The maximum atomic E-state index is 12.9. The topological polar surface area (TPSA) is 78.9 Å². The minimum atomic E-state index is -0.792. The first kappa shape index (κ1) is 76.1. The highest BCUT2D eigenvalue weighted by molar-refractivity contribution is 5.71. The number of rotatable bonds is 64. The maximum Gasteiger partial charge on any atom is 0.306 e. The molecule has 79 heavy (non-hydrogen) atoms. The Hall–Kier alpha value is -2.89. The summed E-state index contributed by atoms with van der Waals surface area (Å²) in [5.41, 5.74) is 0. The molecule has 0 aliphatic rings. The second kappa shape index (κ2) is 67.6. The van der Waals surface area contributed by atoms with E-state index < -0.39 is 6.10 Å². The van der Waals surface area contributed by atoms with E-state index in [1.807, 2.05) is 0 Å². The van der Waals surface area contributed by atoms with Crippen molar-refractivity contribution in [2.24, 2.45) is 0 Å². The lowest BCUT2D eigenvalue weighted by atomic mass is 10.0. The van der Waals surface area contributed by atoms with Crippen LogP contribution in [-0.4, -0.2) is 37.2 Å². The first-order valence-corrected chi connectivity index (χ1v) is 34.8. The van der Waals surface area contributed by atoms with Crippen molar-refractivity contribution in [1.29, 1.82) is 0 Å². The van der Waals surface area contributed by atoms with Gasteiger partial charge in [-0.2, -0.15) is 0 Å². The molecule has 0 heterocycles. The van der Waals surface area contributed by atoms with Crippen molar-refractivity contribution in [3.05, 3.63) is 60.8 Å². The Balaban J connectivity index is 4.30. The monoisotopic (exact) mass is 1110 g/mol. The predicted octanol–water partition coefficient (Wildman–Crippen LogP) is 23.9. The van der Waals surface area contributed by atoms with Crippen molar-refractivity contribution >= 4 is 17.9 Å². The quantitative estimate of drug-likeness (QED) is 0.0261. The van der Waals surface area contributed by atoms with Gasteiger partial charge in [0.1, 0.15) is 13.2 Å². The van der Waals surface area contributed by atoms with Crippen molar-refractivity contribution in [1.82, 2.24) is 0 Å². The van der Waals surface area contributed by atoms with Gasteiger partial charge in [-0.1, -0.05) is 326 Å². The van der Waals surface area contributed by atoms with Crippen LogP contribution in [0, 0.1) is 0 Å². The van der Waals surface area contributed by atoms with Crippen LogP contribution in [0.15, 0.2) is 60.8 Å². The maximum absolute atomic E-state index is 12.9. The summed E-state index contributed by atoms with van der Waals surface area (Å²) in [5, 5.41) is 0. The van der Waals surface area contributed by atoms with E-state index in [4.69, 9.17) is 14.2 Å². The molecule has 0 amide bonds. The number of esters is 3. The SMILES string of the molecule is CC/C=C\C/C=C\C/C=C\C/C=C\CCCCC(=O)OCC(COC(=O)CCCCCCCCCCCCCCCCCCCCCCCCCCC)OC(=O)CCCCCCCCCCC/C=C\CCCCCCCCCC. The van der Waals surface area contributed by atoms with E-state index in [1.54, 1.807) is 0 Å². The molecule has 0 saturated heterocycles. The molecule has 0 saturated carbocycles. The van der Waals surface area contributed by atoms with Crippen LogP contribution in [0.25, 0.3) is 0 Å². The summed E-state index contributed by atoms with van der Waals surface area (Å²) < 4.78 is 16.9. The predicted molar refractivity (Wildman–Crippen MR) is 344 cm³/mol. The van der Waals surface area contributed by atoms with Gasteiger partial charge in [-0.25, -0.2) is 0 Å². The Morgan fingerprint density at radius 2 is 0.494 bits per heavy atom. The number of unbranched alkanes of at least 4 members (excludes halogenated alkanes) is 43. The van der Waals surface area contributed by atoms with Crippen LogP contribution in [0.5, 0.6) is 0 Å². The average Bonchev–Trinajstić information content (AvgIpc) is 3.45. The molecule has 0 bridgehead atoms. The third-order valence-corrected chi connectivity index (χ3v) is 15.5. The highest BCUT2D eigenvalue weighted by Gasteiger charge is 2.19. The van der Waals surface area contributed by atoms with Gasteiger partial charge in [0, 0.05) is 19.3 Å². The normalized spacial score (nSPS) is 12.4. The van der Waals surface area contributed by atoms with Crippen LogP contribution in [-0.2, 0) is 28.6 Å². The summed E-state index contributed by atoms with van der Waals surface area (Å²) >= 11 is 0. The van der Waals surface area contributed by atoms with Gasteiger partial charge in [-0.05, 0) is 83.5 Å². The van der Waals surface area contributed by atoms with Gasteiger partial charge in [-0.3, -0.25) is 14.4 Å². The summed E-state index contributed by atoms with van der Waals surface area (Å²) in [5.74, 6) is -0.908. The van der Waals surface area contributed by atoms with Gasteiger partial charge < -0.3 is 14.2 Å². The van der Waals surface area contributed by atoms with Crippen LogP contribution >= 0.6 is 0 Å². The second-order valence-electron chi connectivity index (χ2n) is 23.4. The summed E-state index contributed by atoms with van der Waals surface area (Å²) in [7, 11) is 0. The van der Waals surface area contributed by atoms with E-state index in [0.717, 1.165) is 83.5 Å². The van der Waals surface area contributed by atoms with E-state index in [-0.39, 0.29) is 31.1 Å². The zero-order chi connectivity index (χ0) is 57.1. The molecule has 0 aromatic rings. The van der Waals surface area contributed by atoms with Crippen LogP contribution in [0.4, 0.5) is 0 Å². The minimum Gasteiger partial charge on any atom is -0.462 e. The van der Waals surface area contributed by atoms with Gasteiger partial charge in [0.2, 0.25) is 0 Å². The molecule has 460 valence electrons. The molecule has 0 fully saturated rings. The molecule has 6 nitrogen and oxygen atoms in total. The van der Waals surface area contributed by atoms with E-state index in [2.05, 4.69) is 81.5 Å². The number of allylic oxidation sites excluding steroid dienone is 10. The van der Waals surface area contributed by atoms with Crippen molar-refractivity contribution in [3.8, 4) is 0 Å².